The van der Waals surface area contributed by atoms with Gasteiger partial charge < -0.3 is 80.2 Å². The van der Waals surface area contributed by atoms with Crippen LogP contribution in [0.5, 0.6) is 0 Å². The lowest BCUT2D eigenvalue weighted by molar-refractivity contribution is -0.143. The number of amides is 8. The number of nitrogens with one attached hydrogen (secondary N) is 8. The molecular weight excluding hydrogens is 897 g/mol. The molecule has 0 rings (SSSR count). The van der Waals surface area contributed by atoms with Gasteiger partial charge in [0, 0.05) is 13.0 Å². The minimum absolute atomic E-state index is 0.0168. The standard InChI is InChI=1S/C42H76N12O14/c1-11-20(6)29(43)37(63)48-21(7)33(59)49-26(14-15-28(57)58)35(61)47-22(8)34(60)52-30(19(4)5)38(64)50-25(13-12-16-46-42(44)45)36(62)53-32(24(10)56)40(66)54-31(23(9)55)39(65)51-27(41(67)68)17-18(2)3/h18-27,29-32,55-56H,11-17,43H2,1-10H3,(H,47,61)(H,48,63)(H,49,59)(H,50,64)(H,51,65)(H,52,60)(H,53,62)(H,54,66)(H,57,58)(H,67,68)(H4,44,45,46)/t20-,21-,22-,23+,24+,25-,26-,27-,29-,30-,31-,32-/m0/s1. The Morgan fingerprint density at radius 3 is 1.40 bits per heavy atom. The third-order valence-electron chi connectivity index (χ3n) is 10.6. The van der Waals surface area contributed by atoms with Gasteiger partial charge in [0.1, 0.15) is 48.3 Å². The van der Waals surface area contributed by atoms with Crippen LogP contribution in [0.4, 0.5) is 0 Å². The molecule has 12 atom stereocenters. The summed E-state index contributed by atoms with van der Waals surface area (Å²) in [6.07, 6.45) is -3.67. The summed E-state index contributed by atoms with van der Waals surface area (Å²) in [6, 6.07) is -12.8. The summed E-state index contributed by atoms with van der Waals surface area (Å²) in [4.78, 5) is 134. The summed E-state index contributed by atoms with van der Waals surface area (Å²) >= 11 is 0. The quantitative estimate of drug-likeness (QED) is 0.0178. The summed E-state index contributed by atoms with van der Waals surface area (Å²) in [5.74, 6) is -11.4. The Balaban J connectivity index is 6.31. The third-order valence-corrected chi connectivity index (χ3v) is 10.6. The second-order valence-corrected chi connectivity index (χ2v) is 17.6. The van der Waals surface area contributed by atoms with Crippen molar-refractivity contribution in [2.24, 2.45) is 39.9 Å². The molecule has 0 unspecified atom stereocenters. The van der Waals surface area contributed by atoms with Gasteiger partial charge in [-0.3, -0.25) is 48.1 Å². The van der Waals surface area contributed by atoms with Crippen molar-refractivity contribution in [3.8, 4) is 0 Å². The van der Waals surface area contributed by atoms with Crippen LogP contribution >= 0.6 is 0 Å². The highest BCUT2D eigenvalue weighted by atomic mass is 16.4. The van der Waals surface area contributed by atoms with Crippen molar-refractivity contribution in [1.82, 2.24) is 42.5 Å². The van der Waals surface area contributed by atoms with Gasteiger partial charge in [-0.25, -0.2) is 4.79 Å². The van der Waals surface area contributed by atoms with E-state index in [1.54, 1.807) is 34.6 Å². The Bertz CT molecular complexity index is 1770. The molecule has 0 bridgehead atoms. The lowest BCUT2D eigenvalue weighted by Gasteiger charge is -2.29. The Kier molecular flexibility index (Phi) is 27.5. The number of nitrogens with two attached hydrogens (primary N) is 3. The van der Waals surface area contributed by atoms with Gasteiger partial charge in [-0.15, -0.1) is 0 Å². The minimum Gasteiger partial charge on any atom is -0.481 e. The number of rotatable bonds is 31. The minimum atomic E-state index is -1.80. The number of aliphatic carboxylic acids is 2. The first-order chi connectivity index (χ1) is 31.4. The van der Waals surface area contributed by atoms with Crippen LogP contribution in [0.1, 0.15) is 108 Å². The van der Waals surface area contributed by atoms with E-state index < -0.39 is 145 Å². The first kappa shape index (κ1) is 61.8. The van der Waals surface area contributed by atoms with E-state index >= 15 is 0 Å². The van der Waals surface area contributed by atoms with Gasteiger partial charge in [0.25, 0.3) is 0 Å². The Hall–Kier alpha value is -6.15. The van der Waals surface area contributed by atoms with E-state index in [0.29, 0.717) is 6.42 Å². The zero-order chi connectivity index (χ0) is 52.7. The van der Waals surface area contributed by atoms with Crippen LogP contribution < -0.4 is 59.7 Å². The van der Waals surface area contributed by atoms with Gasteiger partial charge in [-0.05, 0) is 71.1 Å². The highest BCUT2D eigenvalue weighted by Crippen LogP contribution is 2.10. The number of aliphatic hydroxyl groups is 2. The second kappa shape index (κ2) is 30.3. The van der Waals surface area contributed by atoms with E-state index in [2.05, 4.69) is 47.5 Å². The highest BCUT2D eigenvalue weighted by Gasteiger charge is 2.37. The molecule has 8 amide bonds. The lowest BCUT2D eigenvalue weighted by Crippen LogP contribution is -2.63. The normalized spacial score (nSPS) is 16.5. The Morgan fingerprint density at radius 2 is 0.941 bits per heavy atom. The molecule has 0 radical (unpaired) electrons. The van der Waals surface area contributed by atoms with Crippen molar-refractivity contribution in [2.45, 2.75) is 174 Å². The number of carbonyl (C=O) groups excluding carboxylic acids is 8. The van der Waals surface area contributed by atoms with Crippen LogP contribution in [0.2, 0.25) is 0 Å². The van der Waals surface area contributed by atoms with Crippen LogP contribution in [0.3, 0.4) is 0 Å². The average molecular weight is 973 g/mol. The SMILES string of the molecule is CC[C@H](C)[C@H](N)C(=O)N[C@@H](C)C(=O)N[C@@H](CCC(=O)O)C(=O)N[C@@H](C)C(=O)N[C@H](C(=O)N[C@@H](CCCN=C(N)N)C(=O)N[C@H](C(=O)N[C@H](C(=O)N[C@@H](CC(C)C)C(=O)O)[C@@H](C)O)[C@@H](C)O)C(C)C. The van der Waals surface area contributed by atoms with E-state index in [0.717, 1.165) is 13.8 Å². The first-order valence-electron chi connectivity index (χ1n) is 22.5. The molecule has 0 aliphatic rings. The average Bonchev–Trinajstić information content (AvgIpc) is 3.23. The van der Waals surface area contributed by atoms with Gasteiger partial charge in [-0.1, -0.05) is 48.0 Å². The summed E-state index contributed by atoms with van der Waals surface area (Å²) in [5.41, 5.74) is 16.8. The summed E-state index contributed by atoms with van der Waals surface area (Å²) in [5, 5.41) is 58.9. The zero-order valence-corrected chi connectivity index (χ0v) is 40.6. The number of nitrogens with zero attached hydrogens (tertiary/aromatic N) is 1. The number of carboxylic acids is 2. The highest BCUT2D eigenvalue weighted by molar-refractivity contribution is 5.98. The third kappa shape index (κ3) is 22.6. The molecule has 0 spiro atoms. The molecule has 26 nitrogen and oxygen atoms in total. The molecule has 0 aromatic rings. The molecule has 0 heterocycles. The molecule has 388 valence electrons. The molecule has 0 aliphatic carbocycles. The maximum atomic E-state index is 13.8. The van der Waals surface area contributed by atoms with Gasteiger partial charge in [0.05, 0.1) is 18.2 Å². The Morgan fingerprint density at radius 1 is 0.529 bits per heavy atom. The fraction of sp³-hybridized carbons (Fsp3) is 0.738. The summed E-state index contributed by atoms with van der Waals surface area (Å²) in [6.45, 7) is 15.0. The monoisotopic (exact) mass is 973 g/mol. The number of guanidine groups is 1. The predicted octanol–water partition coefficient (Wildman–Crippen LogP) is -4.26. The molecule has 26 heteroatoms. The largest absolute Gasteiger partial charge is 0.481 e. The number of carbonyl (C=O) groups is 10. The number of aliphatic hydroxyl groups excluding tert-OH is 2. The predicted molar refractivity (Wildman–Crippen MR) is 246 cm³/mol. The fourth-order valence-corrected chi connectivity index (χ4v) is 6.21. The number of aliphatic imine (C=N–C) groups is 1. The smallest absolute Gasteiger partial charge is 0.326 e. The number of carboxylic acid groups (broad SMARTS) is 2. The molecule has 68 heavy (non-hydrogen) atoms. The second-order valence-electron chi connectivity index (χ2n) is 17.6. The number of hydrogen-bond donors (Lipinski definition) is 15. The molecule has 0 aromatic carbocycles. The maximum Gasteiger partial charge on any atom is 0.326 e. The van der Waals surface area contributed by atoms with Crippen molar-refractivity contribution >= 4 is 65.2 Å². The molecule has 0 aliphatic heterocycles. The van der Waals surface area contributed by atoms with Gasteiger partial charge >= 0.3 is 11.9 Å². The molecular formula is C42H76N12O14. The summed E-state index contributed by atoms with van der Waals surface area (Å²) < 4.78 is 0. The van der Waals surface area contributed by atoms with Crippen LogP contribution in [0.15, 0.2) is 4.99 Å². The van der Waals surface area contributed by atoms with Crippen molar-refractivity contribution in [3.05, 3.63) is 0 Å². The van der Waals surface area contributed by atoms with Crippen LogP contribution in [-0.4, -0.2) is 159 Å². The van der Waals surface area contributed by atoms with E-state index in [4.69, 9.17) is 17.2 Å². The van der Waals surface area contributed by atoms with Gasteiger partial charge in [0.15, 0.2) is 5.96 Å². The van der Waals surface area contributed by atoms with Crippen molar-refractivity contribution in [1.29, 1.82) is 0 Å². The zero-order valence-electron chi connectivity index (χ0n) is 40.6. The summed E-state index contributed by atoms with van der Waals surface area (Å²) in [7, 11) is 0. The van der Waals surface area contributed by atoms with Crippen molar-refractivity contribution in [3.63, 3.8) is 0 Å². The fourth-order valence-electron chi connectivity index (χ4n) is 6.21. The topological polar surface area (TPSA) is 438 Å². The number of hydrogen-bond acceptors (Lipinski definition) is 14. The molecule has 18 N–H and O–H groups in total. The van der Waals surface area contributed by atoms with Crippen molar-refractivity contribution < 1.29 is 68.4 Å². The van der Waals surface area contributed by atoms with Crippen LogP contribution in [-0.2, 0) is 47.9 Å². The molecule has 0 aromatic heterocycles. The van der Waals surface area contributed by atoms with E-state index in [1.807, 2.05) is 6.92 Å². The van der Waals surface area contributed by atoms with E-state index in [9.17, 15) is 68.4 Å². The maximum absolute atomic E-state index is 13.8. The van der Waals surface area contributed by atoms with E-state index in [-0.39, 0.29) is 43.6 Å². The first-order valence-corrected chi connectivity index (χ1v) is 22.5. The van der Waals surface area contributed by atoms with Crippen molar-refractivity contribution in [2.75, 3.05) is 6.54 Å². The molecule has 0 saturated carbocycles. The molecule has 0 saturated heterocycles. The lowest BCUT2D eigenvalue weighted by atomic mass is 9.99. The van der Waals surface area contributed by atoms with Crippen LogP contribution in [0.25, 0.3) is 0 Å². The van der Waals surface area contributed by atoms with E-state index in [1.165, 1.54) is 13.8 Å². The molecule has 0 fully saturated rings. The Labute approximate surface area is 396 Å². The van der Waals surface area contributed by atoms with Gasteiger partial charge in [0.2, 0.25) is 47.3 Å². The van der Waals surface area contributed by atoms with Gasteiger partial charge in [-0.2, -0.15) is 0 Å². The van der Waals surface area contributed by atoms with Crippen LogP contribution in [0, 0.1) is 17.8 Å².